The van der Waals surface area contributed by atoms with E-state index in [9.17, 15) is 19.8 Å². The Morgan fingerprint density at radius 2 is 1.74 bits per heavy atom. The zero-order valence-electron chi connectivity index (χ0n) is 20.5. The molecule has 1 aliphatic rings. The van der Waals surface area contributed by atoms with Crippen molar-refractivity contribution in [2.45, 2.75) is 45.8 Å². The van der Waals surface area contributed by atoms with E-state index >= 15 is 0 Å². The zero-order valence-corrected chi connectivity index (χ0v) is 21.2. The number of aliphatic hydroxyl groups is 1. The third kappa shape index (κ3) is 4.50. The normalized spacial score (nSPS) is 20.7. The average molecular weight is 498 g/mol. The molecule has 2 heterocycles. The SMILES string of the molecule is CC(C)[C@@H](NC(=O)n1cc2ccccc2c1O)C(=O)N1CC[C@](O)(c2ccc(Cl)cc2)C(C)(C)C1. The van der Waals surface area contributed by atoms with Gasteiger partial charge >= 0.3 is 6.03 Å². The number of aromatic nitrogens is 1. The van der Waals surface area contributed by atoms with Gasteiger partial charge in [-0.25, -0.2) is 9.36 Å². The number of nitrogens with one attached hydrogen (secondary N) is 1. The molecule has 2 amide bonds. The van der Waals surface area contributed by atoms with Gasteiger partial charge in [0.2, 0.25) is 11.8 Å². The van der Waals surface area contributed by atoms with E-state index in [0.29, 0.717) is 29.9 Å². The van der Waals surface area contributed by atoms with Crippen molar-refractivity contribution >= 4 is 34.3 Å². The molecule has 186 valence electrons. The van der Waals surface area contributed by atoms with Crippen LogP contribution in [0.3, 0.4) is 0 Å². The summed E-state index contributed by atoms with van der Waals surface area (Å²) >= 11 is 6.03. The smallest absolute Gasteiger partial charge is 0.329 e. The number of benzene rings is 2. The van der Waals surface area contributed by atoms with E-state index in [1.54, 1.807) is 35.4 Å². The molecule has 1 fully saturated rings. The first-order valence-electron chi connectivity index (χ1n) is 11.8. The van der Waals surface area contributed by atoms with Gasteiger partial charge in [0.1, 0.15) is 6.04 Å². The molecule has 3 aromatic rings. The molecule has 1 aliphatic heterocycles. The lowest BCUT2D eigenvalue weighted by atomic mass is 9.66. The number of carbonyl (C=O) groups excluding carboxylic acids is 2. The van der Waals surface area contributed by atoms with E-state index in [-0.39, 0.29) is 17.7 Å². The largest absolute Gasteiger partial charge is 0.494 e. The first kappa shape index (κ1) is 25.1. The lowest BCUT2D eigenvalue weighted by molar-refractivity contribution is -0.155. The van der Waals surface area contributed by atoms with Gasteiger partial charge in [0.15, 0.2) is 0 Å². The maximum Gasteiger partial charge on any atom is 0.329 e. The summed E-state index contributed by atoms with van der Waals surface area (Å²) in [7, 11) is 0. The van der Waals surface area contributed by atoms with Crippen molar-refractivity contribution in [3.63, 3.8) is 0 Å². The fourth-order valence-corrected chi connectivity index (χ4v) is 5.11. The lowest BCUT2D eigenvalue weighted by Gasteiger charge is -2.51. The molecule has 35 heavy (non-hydrogen) atoms. The Morgan fingerprint density at radius 3 is 2.34 bits per heavy atom. The molecule has 0 spiro atoms. The second kappa shape index (κ2) is 9.21. The number of aromatic hydroxyl groups is 1. The number of hydrogen-bond donors (Lipinski definition) is 3. The zero-order chi connectivity index (χ0) is 25.5. The molecule has 0 unspecified atom stereocenters. The number of piperidine rings is 1. The van der Waals surface area contributed by atoms with Crippen molar-refractivity contribution in [3.8, 4) is 5.88 Å². The minimum atomic E-state index is -1.12. The summed E-state index contributed by atoms with van der Waals surface area (Å²) in [5.41, 5.74) is -0.999. The summed E-state index contributed by atoms with van der Waals surface area (Å²) in [6.45, 7) is 8.28. The number of fused-ring (bicyclic) bond motifs is 1. The van der Waals surface area contributed by atoms with Crippen LogP contribution in [0.2, 0.25) is 5.02 Å². The molecular weight excluding hydrogens is 466 g/mol. The first-order valence-corrected chi connectivity index (χ1v) is 12.2. The summed E-state index contributed by atoms with van der Waals surface area (Å²) < 4.78 is 1.13. The molecule has 3 N–H and O–H groups in total. The molecule has 4 rings (SSSR count). The van der Waals surface area contributed by atoms with Crippen LogP contribution in [0.15, 0.2) is 54.7 Å². The molecular formula is C27H32ClN3O4. The second-order valence-electron chi connectivity index (χ2n) is 10.3. The Kier molecular flexibility index (Phi) is 6.60. The maximum atomic E-state index is 13.6. The summed E-state index contributed by atoms with van der Waals surface area (Å²) in [5.74, 6) is -0.560. The third-order valence-corrected chi connectivity index (χ3v) is 7.46. The van der Waals surface area contributed by atoms with Crippen LogP contribution in [0.5, 0.6) is 5.88 Å². The van der Waals surface area contributed by atoms with Crippen LogP contribution in [0.4, 0.5) is 4.79 Å². The van der Waals surface area contributed by atoms with Crippen LogP contribution in [-0.2, 0) is 10.4 Å². The van der Waals surface area contributed by atoms with Crippen LogP contribution < -0.4 is 5.32 Å². The van der Waals surface area contributed by atoms with Gasteiger partial charge in [-0.1, -0.05) is 69.6 Å². The Morgan fingerprint density at radius 1 is 1.09 bits per heavy atom. The van der Waals surface area contributed by atoms with Gasteiger partial charge in [-0.3, -0.25) is 4.79 Å². The molecule has 1 saturated heterocycles. The molecule has 0 radical (unpaired) electrons. The van der Waals surface area contributed by atoms with Gasteiger partial charge in [0, 0.05) is 40.5 Å². The van der Waals surface area contributed by atoms with Crippen LogP contribution in [-0.4, -0.2) is 50.7 Å². The third-order valence-electron chi connectivity index (χ3n) is 7.21. The van der Waals surface area contributed by atoms with E-state index in [1.165, 1.54) is 0 Å². The van der Waals surface area contributed by atoms with Crippen LogP contribution in [0.25, 0.3) is 10.8 Å². The van der Waals surface area contributed by atoms with Crippen molar-refractivity contribution < 1.29 is 19.8 Å². The minimum Gasteiger partial charge on any atom is -0.494 e. The fourth-order valence-electron chi connectivity index (χ4n) is 4.98. The lowest BCUT2D eigenvalue weighted by Crippen LogP contribution is -2.60. The molecule has 0 aliphatic carbocycles. The minimum absolute atomic E-state index is 0.166. The van der Waals surface area contributed by atoms with Gasteiger partial charge in [0.25, 0.3) is 0 Å². The predicted molar refractivity (Wildman–Crippen MR) is 136 cm³/mol. The summed E-state index contributed by atoms with van der Waals surface area (Å²) in [6, 6.07) is 13.0. The highest BCUT2D eigenvalue weighted by Crippen LogP contribution is 2.46. The predicted octanol–water partition coefficient (Wildman–Crippen LogP) is 4.73. The highest BCUT2D eigenvalue weighted by atomic mass is 35.5. The number of nitrogens with zero attached hydrogens (tertiary/aromatic N) is 2. The summed E-state index contributed by atoms with van der Waals surface area (Å²) in [4.78, 5) is 28.3. The van der Waals surface area contributed by atoms with Crippen LogP contribution in [0, 0.1) is 11.3 Å². The van der Waals surface area contributed by atoms with Crippen LogP contribution >= 0.6 is 11.6 Å². The topological polar surface area (TPSA) is 94.8 Å². The van der Waals surface area contributed by atoms with E-state index < -0.39 is 23.1 Å². The molecule has 8 heteroatoms. The van der Waals surface area contributed by atoms with Crippen molar-refractivity contribution in [2.24, 2.45) is 11.3 Å². The monoisotopic (exact) mass is 497 g/mol. The quantitative estimate of drug-likeness (QED) is 0.485. The highest BCUT2D eigenvalue weighted by molar-refractivity contribution is 6.30. The number of carbonyl (C=O) groups is 2. The van der Waals surface area contributed by atoms with Gasteiger partial charge in [-0.15, -0.1) is 0 Å². The second-order valence-corrected chi connectivity index (χ2v) is 10.8. The number of halogens is 1. The summed E-state index contributed by atoms with van der Waals surface area (Å²) in [6.07, 6.45) is 1.91. The Balaban J connectivity index is 1.53. The molecule has 0 saturated carbocycles. The standard InChI is InChI=1S/C27H32ClN3O4/c1-17(2)22(29-25(34)31-15-18-7-5-6-8-21(18)23(31)32)24(33)30-14-13-27(35,26(3,4)16-30)19-9-11-20(28)12-10-19/h5-12,15,17,22,32,35H,13-14,16H2,1-4H3,(H,29,34)/t22-,27+/m1/s1. The van der Waals surface area contributed by atoms with E-state index in [2.05, 4.69) is 5.32 Å². The van der Waals surface area contributed by atoms with Crippen molar-refractivity contribution in [1.82, 2.24) is 14.8 Å². The van der Waals surface area contributed by atoms with Crippen molar-refractivity contribution in [2.75, 3.05) is 13.1 Å². The Labute approximate surface area is 210 Å². The van der Waals surface area contributed by atoms with Gasteiger partial charge in [-0.2, -0.15) is 0 Å². The molecule has 2 atom stereocenters. The van der Waals surface area contributed by atoms with E-state index in [0.717, 1.165) is 15.5 Å². The average Bonchev–Trinajstić information content (AvgIpc) is 3.15. The van der Waals surface area contributed by atoms with E-state index in [1.807, 2.05) is 52.0 Å². The number of amides is 2. The Bertz CT molecular complexity index is 1250. The molecule has 7 nitrogen and oxygen atoms in total. The van der Waals surface area contributed by atoms with Gasteiger partial charge in [-0.05, 0) is 36.1 Å². The van der Waals surface area contributed by atoms with Gasteiger partial charge in [0.05, 0.1) is 5.60 Å². The summed E-state index contributed by atoms with van der Waals surface area (Å²) in [5, 5.41) is 26.8. The maximum absolute atomic E-state index is 13.6. The van der Waals surface area contributed by atoms with Crippen molar-refractivity contribution in [1.29, 1.82) is 0 Å². The fraction of sp³-hybridized carbons (Fsp3) is 0.407. The van der Waals surface area contributed by atoms with Crippen LogP contribution in [0.1, 0.15) is 39.7 Å². The molecule has 1 aromatic heterocycles. The first-order chi connectivity index (χ1) is 16.4. The number of hydrogen-bond acceptors (Lipinski definition) is 4. The Hall–Kier alpha value is -3.03. The van der Waals surface area contributed by atoms with Crippen molar-refractivity contribution in [3.05, 3.63) is 65.3 Å². The number of rotatable bonds is 4. The molecule has 2 aromatic carbocycles. The highest BCUT2D eigenvalue weighted by Gasteiger charge is 2.50. The van der Waals surface area contributed by atoms with Gasteiger partial charge < -0.3 is 20.4 Å². The molecule has 0 bridgehead atoms. The van der Waals surface area contributed by atoms with E-state index in [4.69, 9.17) is 11.6 Å². The number of likely N-dealkylation sites (tertiary alicyclic amines) is 1.